The minimum absolute atomic E-state index is 0.375. The maximum Gasteiger partial charge on any atom is 0.451 e. The van der Waals surface area contributed by atoms with E-state index in [-0.39, 0.29) is 0 Å². The lowest BCUT2D eigenvalue weighted by Gasteiger charge is -2.23. The third-order valence-corrected chi connectivity index (χ3v) is 10.4. The van der Waals surface area contributed by atoms with Crippen LogP contribution in [0.5, 0.6) is 23.0 Å². The molecular weight excluding hydrogens is 719 g/mol. The summed E-state index contributed by atoms with van der Waals surface area (Å²) >= 11 is 6.20. The Morgan fingerprint density at radius 3 is 1.61 bits per heavy atom. The number of nitrogens with zero attached hydrogens (tertiary/aromatic N) is 4. The molecule has 0 unspecified atom stereocenters. The second kappa shape index (κ2) is 15.1. The molecule has 2 aromatic heterocycles. The molecule has 8 aromatic rings. The van der Waals surface area contributed by atoms with Crippen molar-refractivity contribution >= 4 is 62.1 Å². The Balaban J connectivity index is 0.000000136. The van der Waals surface area contributed by atoms with Crippen molar-refractivity contribution < 1.29 is 19.5 Å². The standard InChI is InChI=1S/C23H20N2O.C19H11ClN2O.C4H11BO2/c1-13(2)8-15-9-19-21-20(10-15)26-23-14(3)17-7-5-4-6-16(17)11-18(23)22(21)25-12-24-19;1-10-13-5-3-2-4-11(13)6-14-18-17-15(21-9-22-18)7-12(20)8-16(17)23-19(10)14;1-4(2)3-5(6)7/h4-7,9-13H,8H2,1-3H3;2-9H,1H3;4,6-7H,3H2,1-2H3. The normalized spacial score (nSPS) is 12.1. The van der Waals surface area contributed by atoms with E-state index in [1.165, 1.54) is 27.1 Å². The van der Waals surface area contributed by atoms with E-state index in [1.807, 2.05) is 38.1 Å². The van der Waals surface area contributed by atoms with Crippen LogP contribution in [-0.4, -0.2) is 37.1 Å². The summed E-state index contributed by atoms with van der Waals surface area (Å²) in [6.07, 6.45) is 4.73. The van der Waals surface area contributed by atoms with Gasteiger partial charge in [-0.3, -0.25) is 0 Å². The van der Waals surface area contributed by atoms with Gasteiger partial charge in [0, 0.05) is 33.3 Å². The number of hydrogen-bond donors (Lipinski definition) is 2. The van der Waals surface area contributed by atoms with Gasteiger partial charge in [0.1, 0.15) is 35.7 Å². The number of ether oxygens (including phenoxy) is 2. The first-order valence-electron chi connectivity index (χ1n) is 19.0. The summed E-state index contributed by atoms with van der Waals surface area (Å²) in [5, 5.41) is 23.9. The lowest BCUT2D eigenvalue weighted by Crippen LogP contribution is -2.12. The quantitative estimate of drug-likeness (QED) is 0.171. The van der Waals surface area contributed by atoms with Gasteiger partial charge in [0.15, 0.2) is 0 Å². The van der Waals surface area contributed by atoms with Crippen LogP contribution in [0.1, 0.15) is 44.4 Å². The van der Waals surface area contributed by atoms with Gasteiger partial charge >= 0.3 is 7.12 Å². The fraction of sp³-hybridized carbons (Fsp3) is 0.217. The van der Waals surface area contributed by atoms with Gasteiger partial charge in [-0.25, -0.2) is 19.9 Å². The van der Waals surface area contributed by atoms with Crippen LogP contribution in [-0.2, 0) is 6.42 Å². The monoisotopic (exact) mass is 760 g/mol. The Kier molecular flexibility index (Phi) is 10.1. The maximum absolute atomic E-state index is 8.28. The number of rotatable bonds is 4. The van der Waals surface area contributed by atoms with E-state index in [0.717, 1.165) is 79.1 Å². The topological polar surface area (TPSA) is 110 Å². The van der Waals surface area contributed by atoms with E-state index < -0.39 is 7.12 Å². The lowest BCUT2D eigenvalue weighted by atomic mass is 9.80. The number of aromatic nitrogens is 4. The van der Waals surface area contributed by atoms with E-state index in [9.17, 15) is 0 Å². The molecule has 0 radical (unpaired) electrons. The molecule has 10 rings (SSSR count). The summed E-state index contributed by atoms with van der Waals surface area (Å²) in [4.78, 5) is 18.0. The summed E-state index contributed by atoms with van der Waals surface area (Å²) in [5.74, 6) is 4.31. The predicted molar refractivity (Wildman–Crippen MR) is 228 cm³/mol. The minimum atomic E-state index is -1.13. The Morgan fingerprint density at radius 1 is 0.625 bits per heavy atom. The van der Waals surface area contributed by atoms with E-state index in [2.05, 4.69) is 108 Å². The molecule has 0 aliphatic carbocycles. The van der Waals surface area contributed by atoms with Crippen LogP contribution < -0.4 is 9.47 Å². The predicted octanol–water partition coefficient (Wildman–Crippen LogP) is 11.7. The molecule has 56 heavy (non-hydrogen) atoms. The molecule has 0 spiro atoms. The summed E-state index contributed by atoms with van der Waals surface area (Å²) < 4.78 is 12.6. The number of benzene rings is 6. The SMILES string of the molecule is CC(C)CB(O)O.Cc1c2c(cc3ccccc13)-c1ncnc3cc(CC(C)C)cc(c13)O2.Cc1c2c(cc3ccccc13)-c1ncnc3cc(Cl)cc(c13)O2. The fourth-order valence-electron chi connectivity index (χ4n) is 7.77. The Hall–Kier alpha value is -5.61. The number of hydrogen-bond acceptors (Lipinski definition) is 8. The van der Waals surface area contributed by atoms with Crippen LogP contribution in [0.15, 0.2) is 97.6 Å². The van der Waals surface area contributed by atoms with Crippen LogP contribution in [0.25, 0.3) is 65.9 Å². The van der Waals surface area contributed by atoms with Gasteiger partial charge in [-0.15, -0.1) is 0 Å². The van der Waals surface area contributed by atoms with Gasteiger partial charge in [-0.2, -0.15) is 0 Å². The van der Waals surface area contributed by atoms with Crippen molar-refractivity contribution in [3.05, 3.63) is 119 Å². The largest absolute Gasteiger partial charge is 0.456 e. The molecule has 2 aliphatic heterocycles. The van der Waals surface area contributed by atoms with Crippen LogP contribution in [0.2, 0.25) is 11.3 Å². The first-order chi connectivity index (χ1) is 27.0. The van der Waals surface area contributed by atoms with Gasteiger partial charge in [-0.1, -0.05) is 87.8 Å². The number of aryl methyl sites for hydroxylation is 2. The fourth-order valence-corrected chi connectivity index (χ4v) is 7.97. The lowest BCUT2D eigenvalue weighted by molar-refractivity contribution is 0.394. The van der Waals surface area contributed by atoms with Gasteiger partial charge < -0.3 is 19.5 Å². The van der Waals surface area contributed by atoms with Crippen molar-refractivity contribution in [1.29, 1.82) is 0 Å². The van der Waals surface area contributed by atoms with Crippen molar-refractivity contribution in [2.24, 2.45) is 11.8 Å². The summed E-state index contributed by atoms with van der Waals surface area (Å²) in [5.41, 5.74) is 9.21. The zero-order valence-corrected chi connectivity index (χ0v) is 33.0. The zero-order chi connectivity index (χ0) is 39.2. The molecule has 280 valence electrons. The van der Waals surface area contributed by atoms with Crippen LogP contribution in [0.3, 0.4) is 0 Å². The summed E-state index contributed by atoms with van der Waals surface area (Å²) in [6.45, 7) is 12.6. The Labute approximate surface area is 331 Å². The van der Waals surface area contributed by atoms with E-state index in [0.29, 0.717) is 28.9 Å². The third kappa shape index (κ3) is 7.03. The molecule has 0 saturated carbocycles. The van der Waals surface area contributed by atoms with Gasteiger partial charge in [0.05, 0.1) is 33.2 Å². The smallest absolute Gasteiger partial charge is 0.451 e. The molecular formula is C46H42BClN4O4. The van der Waals surface area contributed by atoms with E-state index >= 15 is 0 Å². The van der Waals surface area contributed by atoms with Gasteiger partial charge in [0.25, 0.3) is 0 Å². The Morgan fingerprint density at radius 2 is 1.12 bits per heavy atom. The highest BCUT2D eigenvalue weighted by molar-refractivity contribution is 6.41. The van der Waals surface area contributed by atoms with Crippen LogP contribution in [0, 0.1) is 25.7 Å². The maximum atomic E-state index is 8.28. The molecule has 10 heteroatoms. The number of fused-ring (bicyclic) bond motifs is 6. The molecule has 6 aromatic carbocycles. The van der Waals surface area contributed by atoms with Crippen LogP contribution in [0.4, 0.5) is 0 Å². The van der Waals surface area contributed by atoms with Gasteiger partial charge in [-0.05, 0) is 95.9 Å². The average Bonchev–Trinajstić information content (AvgIpc) is 3.16. The van der Waals surface area contributed by atoms with Crippen LogP contribution >= 0.6 is 11.6 Å². The molecule has 8 nitrogen and oxygen atoms in total. The molecule has 4 heterocycles. The molecule has 2 aliphatic rings. The summed E-state index contributed by atoms with van der Waals surface area (Å²) in [6, 6.07) is 29.1. The van der Waals surface area contributed by atoms with E-state index in [4.69, 9.17) is 31.1 Å². The molecule has 0 atom stereocenters. The highest BCUT2D eigenvalue weighted by Crippen LogP contribution is 2.50. The van der Waals surface area contributed by atoms with Crippen molar-refractivity contribution in [3.8, 4) is 45.5 Å². The Bertz CT molecular complexity index is 2800. The van der Waals surface area contributed by atoms with Crippen molar-refractivity contribution in [3.63, 3.8) is 0 Å². The van der Waals surface area contributed by atoms with Gasteiger partial charge in [0.2, 0.25) is 0 Å². The first kappa shape index (κ1) is 37.3. The molecule has 0 fully saturated rings. The average molecular weight is 761 g/mol. The van der Waals surface area contributed by atoms with Crippen molar-refractivity contribution in [2.75, 3.05) is 0 Å². The minimum Gasteiger partial charge on any atom is -0.456 e. The second-order valence-electron chi connectivity index (χ2n) is 15.3. The summed E-state index contributed by atoms with van der Waals surface area (Å²) in [7, 11) is -1.13. The molecule has 0 bridgehead atoms. The third-order valence-electron chi connectivity index (χ3n) is 10.2. The molecule has 2 N–H and O–H groups in total. The van der Waals surface area contributed by atoms with E-state index in [1.54, 1.807) is 12.7 Å². The number of halogens is 1. The highest BCUT2D eigenvalue weighted by Gasteiger charge is 2.27. The second-order valence-corrected chi connectivity index (χ2v) is 15.8. The first-order valence-corrected chi connectivity index (χ1v) is 19.3. The zero-order valence-electron chi connectivity index (χ0n) is 32.3. The highest BCUT2D eigenvalue weighted by atomic mass is 35.5. The van der Waals surface area contributed by atoms with Crippen molar-refractivity contribution in [2.45, 2.75) is 54.3 Å². The molecule has 0 amide bonds. The molecule has 0 saturated heterocycles. The van der Waals surface area contributed by atoms with Crippen molar-refractivity contribution in [1.82, 2.24) is 19.9 Å².